The fraction of sp³-hybridized carbons (Fsp3) is 0.429. The van der Waals surface area contributed by atoms with Gasteiger partial charge in [0.1, 0.15) is 5.75 Å². The van der Waals surface area contributed by atoms with E-state index in [0.717, 1.165) is 6.42 Å². The van der Waals surface area contributed by atoms with Gasteiger partial charge >= 0.3 is 5.97 Å². The Bertz CT molecular complexity index is 532. The Morgan fingerprint density at radius 3 is 2.70 bits per heavy atom. The fourth-order valence-electron chi connectivity index (χ4n) is 2.52. The molecule has 6 heteroatoms. The van der Waals surface area contributed by atoms with Crippen LogP contribution in [0.2, 0.25) is 5.02 Å². The van der Waals surface area contributed by atoms with E-state index >= 15 is 0 Å². The zero-order valence-electron chi connectivity index (χ0n) is 11.1. The molecule has 1 aromatic carbocycles. The normalized spacial score (nSPS) is 21.5. The molecule has 1 aliphatic rings. The average Bonchev–Trinajstić information content (AvgIpc) is 2.90. The number of carbonyl (C=O) groups excluding carboxylic acids is 1. The number of nitrogens with one attached hydrogen (secondary N) is 1. The Hall–Kier alpha value is -1.75. The van der Waals surface area contributed by atoms with Crippen LogP contribution in [-0.4, -0.2) is 24.1 Å². The van der Waals surface area contributed by atoms with Gasteiger partial charge in [0.2, 0.25) is 5.91 Å². The minimum absolute atomic E-state index is 0.301. The number of anilines is 1. The number of rotatable bonds is 4. The van der Waals surface area contributed by atoms with Crippen molar-refractivity contribution in [3.8, 4) is 5.75 Å². The maximum absolute atomic E-state index is 12.2. The SMILES string of the molecule is COc1ccc(Cl)c(NC(=O)[C@@H]2CCC[C@@H]2C(=O)O)c1. The molecule has 0 aliphatic heterocycles. The average molecular weight is 298 g/mol. The van der Waals surface area contributed by atoms with Crippen molar-refractivity contribution in [3.63, 3.8) is 0 Å². The second kappa shape index (κ2) is 6.13. The summed E-state index contributed by atoms with van der Waals surface area (Å²) >= 11 is 6.02. The molecule has 0 aromatic heterocycles. The maximum Gasteiger partial charge on any atom is 0.307 e. The first-order chi connectivity index (χ1) is 9.52. The topological polar surface area (TPSA) is 75.6 Å². The summed E-state index contributed by atoms with van der Waals surface area (Å²) in [6.07, 6.45) is 1.88. The summed E-state index contributed by atoms with van der Waals surface area (Å²) in [5.41, 5.74) is 0.437. The Balaban J connectivity index is 2.13. The molecule has 0 saturated heterocycles. The molecule has 0 heterocycles. The van der Waals surface area contributed by atoms with Crippen LogP contribution in [0.1, 0.15) is 19.3 Å². The minimum atomic E-state index is -0.917. The molecule has 1 saturated carbocycles. The van der Waals surface area contributed by atoms with Gasteiger partial charge in [-0.25, -0.2) is 0 Å². The van der Waals surface area contributed by atoms with Crippen molar-refractivity contribution in [1.29, 1.82) is 0 Å². The third-order valence-corrected chi connectivity index (χ3v) is 3.93. The molecule has 1 fully saturated rings. The predicted molar refractivity (Wildman–Crippen MR) is 75.1 cm³/mol. The van der Waals surface area contributed by atoms with Gasteiger partial charge in [0.15, 0.2) is 0 Å². The predicted octanol–water partition coefficient (Wildman–Crippen LogP) is 2.79. The van der Waals surface area contributed by atoms with E-state index in [-0.39, 0.29) is 5.91 Å². The van der Waals surface area contributed by atoms with E-state index in [1.54, 1.807) is 18.2 Å². The summed E-state index contributed by atoms with van der Waals surface area (Å²) in [4.78, 5) is 23.3. The number of carboxylic acid groups (broad SMARTS) is 1. The van der Waals surface area contributed by atoms with Crippen LogP contribution < -0.4 is 10.1 Å². The smallest absolute Gasteiger partial charge is 0.307 e. The van der Waals surface area contributed by atoms with Crippen LogP contribution in [0, 0.1) is 11.8 Å². The summed E-state index contributed by atoms with van der Waals surface area (Å²) < 4.78 is 5.07. The zero-order chi connectivity index (χ0) is 14.7. The standard InChI is InChI=1S/C14H16ClNO4/c1-20-8-5-6-11(15)12(7-8)16-13(17)9-3-2-4-10(9)14(18)19/h5-7,9-10H,2-4H2,1H3,(H,16,17)(H,18,19)/t9-,10+/m1/s1. The Labute approximate surface area is 121 Å². The van der Waals surface area contributed by atoms with Crippen molar-refractivity contribution in [2.24, 2.45) is 11.8 Å². The summed E-state index contributed by atoms with van der Waals surface area (Å²) in [5.74, 6) is -1.76. The lowest BCUT2D eigenvalue weighted by molar-refractivity contribution is -0.145. The number of aliphatic carboxylic acids is 1. The first-order valence-electron chi connectivity index (χ1n) is 6.40. The number of ether oxygens (including phenoxy) is 1. The number of hydrogen-bond acceptors (Lipinski definition) is 3. The minimum Gasteiger partial charge on any atom is -0.497 e. The molecule has 2 atom stereocenters. The first kappa shape index (κ1) is 14.7. The van der Waals surface area contributed by atoms with Crippen molar-refractivity contribution < 1.29 is 19.4 Å². The molecule has 0 spiro atoms. The van der Waals surface area contributed by atoms with Crippen LogP contribution in [-0.2, 0) is 9.59 Å². The highest BCUT2D eigenvalue weighted by Gasteiger charge is 2.37. The van der Waals surface area contributed by atoms with E-state index in [9.17, 15) is 9.59 Å². The van der Waals surface area contributed by atoms with Crippen molar-refractivity contribution >= 4 is 29.2 Å². The molecule has 20 heavy (non-hydrogen) atoms. The largest absolute Gasteiger partial charge is 0.497 e. The number of carboxylic acids is 1. The van der Waals surface area contributed by atoms with Gasteiger partial charge in [-0.05, 0) is 25.0 Å². The van der Waals surface area contributed by atoms with Crippen molar-refractivity contribution in [2.75, 3.05) is 12.4 Å². The molecule has 2 rings (SSSR count). The zero-order valence-corrected chi connectivity index (χ0v) is 11.8. The molecule has 2 N–H and O–H groups in total. The van der Waals surface area contributed by atoms with Crippen LogP contribution in [0.25, 0.3) is 0 Å². The number of halogens is 1. The van der Waals surface area contributed by atoms with Gasteiger partial charge in [-0.2, -0.15) is 0 Å². The van der Waals surface area contributed by atoms with Gasteiger partial charge in [-0.3, -0.25) is 9.59 Å². The highest BCUT2D eigenvalue weighted by atomic mass is 35.5. The van der Waals surface area contributed by atoms with Crippen LogP contribution >= 0.6 is 11.6 Å². The van der Waals surface area contributed by atoms with Crippen LogP contribution in [0.4, 0.5) is 5.69 Å². The number of carbonyl (C=O) groups is 2. The third kappa shape index (κ3) is 3.04. The summed E-state index contributed by atoms with van der Waals surface area (Å²) in [5, 5.41) is 12.2. The molecule has 0 unspecified atom stereocenters. The molecule has 0 radical (unpaired) electrons. The molecular formula is C14H16ClNO4. The summed E-state index contributed by atoms with van der Waals surface area (Å²) in [7, 11) is 1.52. The van der Waals surface area contributed by atoms with Crippen LogP contribution in [0.15, 0.2) is 18.2 Å². The Morgan fingerprint density at radius 1 is 1.35 bits per heavy atom. The second-order valence-electron chi connectivity index (χ2n) is 4.82. The van der Waals surface area contributed by atoms with Gasteiger partial charge in [0, 0.05) is 6.07 Å². The summed E-state index contributed by atoms with van der Waals surface area (Å²) in [6.45, 7) is 0. The van der Waals surface area contributed by atoms with E-state index in [1.165, 1.54) is 7.11 Å². The van der Waals surface area contributed by atoms with E-state index in [0.29, 0.717) is 29.3 Å². The fourth-order valence-corrected chi connectivity index (χ4v) is 2.69. The van der Waals surface area contributed by atoms with Gasteiger partial charge in [-0.15, -0.1) is 0 Å². The van der Waals surface area contributed by atoms with E-state index in [4.69, 9.17) is 21.4 Å². The number of benzene rings is 1. The molecule has 5 nitrogen and oxygen atoms in total. The first-order valence-corrected chi connectivity index (χ1v) is 6.78. The highest BCUT2D eigenvalue weighted by molar-refractivity contribution is 6.33. The lowest BCUT2D eigenvalue weighted by Gasteiger charge is -2.16. The second-order valence-corrected chi connectivity index (χ2v) is 5.22. The molecule has 1 amide bonds. The van der Waals surface area contributed by atoms with E-state index in [2.05, 4.69) is 5.32 Å². The van der Waals surface area contributed by atoms with Crippen LogP contribution in [0.3, 0.4) is 0 Å². The van der Waals surface area contributed by atoms with Gasteiger partial charge in [0.05, 0.1) is 29.7 Å². The van der Waals surface area contributed by atoms with Crippen molar-refractivity contribution in [1.82, 2.24) is 0 Å². The summed E-state index contributed by atoms with van der Waals surface area (Å²) in [6, 6.07) is 4.93. The maximum atomic E-state index is 12.2. The molecule has 108 valence electrons. The van der Waals surface area contributed by atoms with E-state index < -0.39 is 17.8 Å². The van der Waals surface area contributed by atoms with E-state index in [1.807, 2.05) is 0 Å². The van der Waals surface area contributed by atoms with Crippen LogP contribution in [0.5, 0.6) is 5.75 Å². The molecule has 1 aliphatic carbocycles. The van der Waals surface area contributed by atoms with Crippen molar-refractivity contribution in [2.45, 2.75) is 19.3 Å². The third-order valence-electron chi connectivity index (χ3n) is 3.60. The lowest BCUT2D eigenvalue weighted by Crippen LogP contribution is -2.30. The quantitative estimate of drug-likeness (QED) is 0.896. The Morgan fingerprint density at radius 2 is 2.05 bits per heavy atom. The highest BCUT2D eigenvalue weighted by Crippen LogP contribution is 2.34. The lowest BCUT2D eigenvalue weighted by atomic mass is 9.95. The molecular weight excluding hydrogens is 282 g/mol. The number of methoxy groups -OCH3 is 1. The number of hydrogen-bond donors (Lipinski definition) is 2. The monoisotopic (exact) mass is 297 g/mol. The Kier molecular flexibility index (Phi) is 4.49. The number of amides is 1. The molecule has 1 aromatic rings. The van der Waals surface area contributed by atoms with Gasteiger partial charge in [-0.1, -0.05) is 18.0 Å². The molecule has 0 bridgehead atoms. The van der Waals surface area contributed by atoms with Crippen molar-refractivity contribution in [3.05, 3.63) is 23.2 Å². The van der Waals surface area contributed by atoms with Gasteiger partial charge < -0.3 is 15.2 Å². The van der Waals surface area contributed by atoms with Gasteiger partial charge in [0.25, 0.3) is 0 Å².